The highest BCUT2D eigenvalue weighted by atomic mass is 35.5. The third kappa shape index (κ3) is 6.22. The quantitative estimate of drug-likeness (QED) is 0.644. The summed E-state index contributed by atoms with van der Waals surface area (Å²) in [5.74, 6) is -1.43. The lowest BCUT2D eigenvalue weighted by Gasteiger charge is -2.06. The van der Waals surface area contributed by atoms with Crippen molar-refractivity contribution in [2.24, 2.45) is 0 Å². The molecule has 0 aromatic heterocycles. The molecule has 0 fully saturated rings. The normalized spacial score (nSPS) is 10.6. The molecule has 0 aliphatic rings. The SMILES string of the molecule is O=C(COC(=O)/C=C/c1ccc(F)cc1)NCc1cccc(Cl)c1. The van der Waals surface area contributed by atoms with Crippen LogP contribution >= 0.6 is 11.6 Å². The van der Waals surface area contributed by atoms with Crippen LogP contribution in [0.25, 0.3) is 6.08 Å². The zero-order chi connectivity index (χ0) is 17.4. The number of carbonyl (C=O) groups is 2. The van der Waals surface area contributed by atoms with Crippen LogP contribution in [0.1, 0.15) is 11.1 Å². The van der Waals surface area contributed by atoms with Gasteiger partial charge in [-0.3, -0.25) is 4.79 Å². The summed E-state index contributed by atoms with van der Waals surface area (Å²) in [6, 6.07) is 12.7. The zero-order valence-electron chi connectivity index (χ0n) is 12.7. The lowest BCUT2D eigenvalue weighted by molar-refractivity contribution is -0.143. The molecule has 0 saturated carbocycles. The van der Waals surface area contributed by atoms with Crippen molar-refractivity contribution in [1.82, 2.24) is 5.32 Å². The highest BCUT2D eigenvalue weighted by Crippen LogP contribution is 2.10. The van der Waals surface area contributed by atoms with E-state index in [1.807, 2.05) is 6.07 Å². The largest absolute Gasteiger partial charge is 0.452 e. The number of nitrogens with one attached hydrogen (secondary N) is 1. The maximum Gasteiger partial charge on any atom is 0.331 e. The van der Waals surface area contributed by atoms with E-state index in [4.69, 9.17) is 16.3 Å². The van der Waals surface area contributed by atoms with Crippen LogP contribution in [0.4, 0.5) is 4.39 Å². The zero-order valence-corrected chi connectivity index (χ0v) is 13.4. The number of hydrogen-bond acceptors (Lipinski definition) is 3. The molecule has 0 aliphatic heterocycles. The van der Waals surface area contributed by atoms with Gasteiger partial charge in [-0.25, -0.2) is 9.18 Å². The molecule has 0 radical (unpaired) electrons. The molecule has 2 aromatic carbocycles. The second-order valence-electron chi connectivity index (χ2n) is 4.90. The minimum absolute atomic E-state index is 0.294. The minimum atomic E-state index is -0.655. The van der Waals surface area contributed by atoms with Crippen molar-refractivity contribution in [2.45, 2.75) is 6.54 Å². The number of ether oxygens (including phenoxy) is 1. The molecule has 0 atom stereocenters. The van der Waals surface area contributed by atoms with E-state index in [1.165, 1.54) is 36.4 Å². The first-order valence-corrected chi connectivity index (χ1v) is 7.52. The molecule has 2 aromatic rings. The molecule has 0 saturated heterocycles. The van der Waals surface area contributed by atoms with E-state index < -0.39 is 11.9 Å². The van der Waals surface area contributed by atoms with Gasteiger partial charge >= 0.3 is 5.97 Å². The van der Waals surface area contributed by atoms with Gasteiger partial charge < -0.3 is 10.1 Å². The van der Waals surface area contributed by atoms with E-state index in [0.29, 0.717) is 17.1 Å². The lowest BCUT2D eigenvalue weighted by Crippen LogP contribution is -2.28. The predicted octanol–water partition coefficient (Wildman–Crippen LogP) is 3.35. The second-order valence-corrected chi connectivity index (χ2v) is 5.34. The van der Waals surface area contributed by atoms with Gasteiger partial charge in [-0.2, -0.15) is 0 Å². The van der Waals surface area contributed by atoms with Crippen molar-refractivity contribution in [2.75, 3.05) is 6.61 Å². The van der Waals surface area contributed by atoms with Crippen molar-refractivity contribution in [3.63, 3.8) is 0 Å². The fourth-order valence-electron chi connectivity index (χ4n) is 1.82. The Labute approximate surface area is 143 Å². The minimum Gasteiger partial charge on any atom is -0.452 e. The van der Waals surface area contributed by atoms with Crippen LogP contribution in [0.3, 0.4) is 0 Å². The summed E-state index contributed by atoms with van der Waals surface area (Å²) in [5.41, 5.74) is 1.50. The van der Waals surface area contributed by atoms with Crippen molar-refractivity contribution < 1.29 is 18.7 Å². The Bertz CT molecular complexity index is 744. The standard InChI is InChI=1S/C18H15ClFNO3/c19-15-3-1-2-14(10-15)11-21-17(22)12-24-18(23)9-6-13-4-7-16(20)8-5-13/h1-10H,11-12H2,(H,21,22)/b9-6+. The molecule has 0 bridgehead atoms. The summed E-state index contributed by atoms with van der Waals surface area (Å²) in [4.78, 5) is 23.2. The number of amides is 1. The number of esters is 1. The Hall–Kier alpha value is -2.66. The third-order valence-corrected chi connectivity index (χ3v) is 3.24. The van der Waals surface area contributed by atoms with Crippen LogP contribution < -0.4 is 5.32 Å². The number of hydrogen-bond donors (Lipinski definition) is 1. The molecule has 24 heavy (non-hydrogen) atoms. The highest BCUT2D eigenvalue weighted by molar-refractivity contribution is 6.30. The number of rotatable bonds is 6. The van der Waals surface area contributed by atoms with Crippen LogP contribution in [-0.4, -0.2) is 18.5 Å². The fraction of sp³-hybridized carbons (Fsp3) is 0.111. The van der Waals surface area contributed by atoms with Crippen molar-refractivity contribution in [3.8, 4) is 0 Å². The van der Waals surface area contributed by atoms with Gasteiger partial charge in [0.1, 0.15) is 5.82 Å². The van der Waals surface area contributed by atoms with Gasteiger partial charge in [-0.05, 0) is 41.5 Å². The summed E-state index contributed by atoms with van der Waals surface area (Å²) < 4.78 is 17.6. The molecule has 2 rings (SSSR count). The van der Waals surface area contributed by atoms with Crippen LogP contribution in [0, 0.1) is 5.82 Å². The van der Waals surface area contributed by atoms with Crippen molar-refractivity contribution in [3.05, 3.63) is 76.6 Å². The first kappa shape index (κ1) is 17.7. The topological polar surface area (TPSA) is 55.4 Å². The van der Waals surface area contributed by atoms with E-state index in [-0.39, 0.29) is 12.4 Å². The maximum atomic E-state index is 12.7. The molecule has 4 nitrogen and oxygen atoms in total. The summed E-state index contributed by atoms with van der Waals surface area (Å²) in [7, 11) is 0. The number of benzene rings is 2. The summed E-state index contributed by atoms with van der Waals surface area (Å²) in [6.45, 7) is -0.0878. The van der Waals surface area contributed by atoms with E-state index in [0.717, 1.165) is 5.56 Å². The van der Waals surface area contributed by atoms with Crippen LogP contribution in [-0.2, 0) is 20.9 Å². The molecule has 6 heteroatoms. The molecule has 0 unspecified atom stereocenters. The molecule has 124 valence electrons. The van der Waals surface area contributed by atoms with Crippen molar-refractivity contribution in [1.29, 1.82) is 0 Å². The van der Waals surface area contributed by atoms with Gasteiger partial charge in [-0.15, -0.1) is 0 Å². The van der Waals surface area contributed by atoms with Crippen LogP contribution in [0.5, 0.6) is 0 Å². The smallest absolute Gasteiger partial charge is 0.331 e. The van der Waals surface area contributed by atoms with Crippen LogP contribution in [0.15, 0.2) is 54.6 Å². The fourth-order valence-corrected chi connectivity index (χ4v) is 2.03. The average Bonchev–Trinajstić information content (AvgIpc) is 2.57. The average molecular weight is 348 g/mol. The Morgan fingerprint density at radius 3 is 2.62 bits per heavy atom. The molecule has 1 N–H and O–H groups in total. The van der Waals surface area contributed by atoms with Crippen LogP contribution in [0.2, 0.25) is 5.02 Å². The summed E-state index contributed by atoms with van der Waals surface area (Å²) in [5, 5.41) is 3.20. The Balaban J connectivity index is 1.72. The second kappa shape index (κ2) is 8.84. The first-order valence-electron chi connectivity index (χ1n) is 7.14. The lowest BCUT2D eigenvalue weighted by atomic mass is 10.2. The summed E-state index contributed by atoms with van der Waals surface area (Å²) >= 11 is 5.85. The monoisotopic (exact) mass is 347 g/mol. The molecule has 0 heterocycles. The van der Waals surface area contributed by atoms with Gasteiger partial charge in [0.15, 0.2) is 6.61 Å². The molecule has 0 spiro atoms. The maximum absolute atomic E-state index is 12.7. The first-order chi connectivity index (χ1) is 11.5. The molecule has 1 amide bonds. The van der Waals surface area contributed by atoms with E-state index in [1.54, 1.807) is 18.2 Å². The van der Waals surface area contributed by atoms with E-state index in [2.05, 4.69) is 5.32 Å². The Morgan fingerprint density at radius 2 is 1.92 bits per heavy atom. The van der Waals surface area contributed by atoms with E-state index >= 15 is 0 Å². The van der Waals surface area contributed by atoms with Crippen molar-refractivity contribution >= 4 is 29.6 Å². The third-order valence-electron chi connectivity index (χ3n) is 3.01. The summed E-state index contributed by atoms with van der Waals surface area (Å²) in [6.07, 6.45) is 2.66. The van der Waals surface area contributed by atoms with Gasteiger partial charge in [-0.1, -0.05) is 35.9 Å². The highest BCUT2D eigenvalue weighted by Gasteiger charge is 2.05. The van der Waals surface area contributed by atoms with Gasteiger partial charge in [0.05, 0.1) is 0 Å². The number of carbonyl (C=O) groups excluding carboxylic acids is 2. The van der Waals surface area contributed by atoms with Gasteiger partial charge in [0, 0.05) is 17.6 Å². The van der Waals surface area contributed by atoms with Gasteiger partial charge in [0.25, 0.3) is 5.91 Å². The molecule has 0 aliphatic carbocycles. The predicted molar refractivity (Wildman–Crippen MR) is 89.7 cm³/mol. The Morgan fingerprint density at radius 1 is 1.17 bits per heavy atom. The van der Waals surface area contributed by atoms with Gasteiger partial charge in [0.2, 0.25) is 0 Å². The Kier molecular flexibility index (Phi) is 6.51. The number of halogens is 2. The van der Waals surface area contributed by atoms with E-state index in [9.17, 15) is 14.0 Å². The molecular weight excluding hydrogens is 333 g/mol. The molecular formula is C18H15ClFNO3.